The fourth-order valence-corrected chi connectivity index (χ4v) is 2.99. The van der Waals surface area contributed by atoms with E-state index >= 15 is 0 Å². The van der Waals surface area contributed by atoms with Crippen molar-refractivity contribution < 1.29 is 9.59 Å². The van der Waals surface area contributed by atoms with Crippen LogP contribution in [0.15, 0.2) is 0 Å². The SMILES string of the molecule is CC(=O)NNC(=O)C12CCC(C)(CC1)CC2. The molecule has 3 aliphatic rings. The van der Waals surface area contributed by atoms with Gasteiger partial charge < -0.3 is 0 Å². The van der Waals surface area contributed by atoms with Gasteiger partial charge in [0.25, 0.3) is 0 Å². The molecule has 4 heteroatoms. The minimum Gasteiger partial charge on any atom is -0.274 e. The van der Waals surface area contributed by atoms with Crippen LogP contribution in [0.3, 0.4) is 0 Å². The second kappa shape index (κ2) is 3.75. The highest BCUT2D eigenvalue weighted by atomic mass is 16.2. The summed E-state index contributed by atoms with van der Waals surface area (Å²) in [5.41, 5.74) is 5.19. The van der Waals surface area contributed by atoms with Gasteiger partial charge in [0.15, 0.2) is 0 Å². The van der Waals surface area contributed by atoms with E-state index in [9.17, 15) is 9.59 Å². The molecule has 0 atom stereocenters. The molecule has 0 aromatic heterocycles. The summed E-state index contributed by atoms with van der Waals surface area (Å²) >= 11 is 0. The number of nitrogens with one attached hydrogen (secondary N) is 2. The second-order valence-electron chi connectivity index (χ2n) is 5.73. The summed E-state index contributed by atoms with van der Waals surface area (Å²) in [6, 6.07) is 0. The Morgan fingerprint density at radius 1 is 0.938 bits per heavy atom. The summed E-state index contributed by atoms with van der Waals surface area (Å²) in [6.07, 6.45) is 6.32. The number of rotatable bonds is 1. The van der Waals surface area contributed by atoms with Gasteiger partial charge in [0.1, 0.15) is 0 Å². The quantitative estimate of drug-likeness (QED) is 0.663. The van der Waals surface area contributed by atoms with E-state index in [0.717, 1.165) is 38.5 Å². The molecule has 0 heterocycles. The van der Waals surface area contributed by atoms with Gasteiger partial charge in [-0.3, -0.25) is 20.4 Å². The lowest BCUT2D eigenvalue weighted by atomic mass is 9.54. The van der Waals surface area contributed by atoms with Crippen LogP contribution >= 0.6 is 0 Å². The average Bonchev–Trinajstić information content (AvgIpc) is 2.27. The van der Waals surface area contributed by atoms with Gasteiger partial charge in [-0.05, 0) is 43.9 Å². The monoisotopic (exact) mass is 224 g/mol. The highest BCUT2D eigenvalue weighted by Crippen LogP contribution is 2.56. The molecule has 3 fully saturated rings. The lowest BCUT2D eigenvalue weighted by Gasteiger charge is -2.50. The van der Waals surface area contributed by atoms with Crippen molar-refractivity contribution in [1.82, 2.24) is 10.9 Å². The molecule has 3 aliphatic carbocycles. The van der Waals surface area contributed by atoms with Crippen LogP contribution in [-0.2, 0) is 9.59 Å². The van der Waals surface area contributed by atoms with Crippen molar-refractivity contribution in [3.63, 3.8) is 0 Å². The van der Waals surface area contributed by atoms with Crippen LogP contribution in [0.5, 0.6) is 0 Å². The molecule has 0 aromatic rings. The Morgan fingerprint density at radius 3 is 1.88 bits per heavy atom. The maximum atomic E-state index is 12.1. The Labute approximate surface area is 96.1 Å². The number of amides is 2. The van der Waals surface area contributed by atoms with Crippen LogP contribution in [0.25, 0.3) is 0 Å². The Bertz CT molecular complexity index is 300. The molecule has 3 saturated carbocycles. The van der Waals surface area contributed by atoms with Gasteiger partial charge in [0.2, 0.25) is 11.8 Å². The molecule has 0 spiro atoms. The summed E-state index contributed by atoms with van der Waals surface area (Å²) in [6.45, 7) is 3.72. The molecule has 2 N–H and O–H groups in total. The first-order valence-electron chi connectivity index (χ1n) is 6.03. The Morgan fingerprint density at radius 2 is 1.44 bits per heavy atom. The van der Waals surface area contributed by atoms with E-state index in [-0.39, 0.29) is 17.2 Å². The third-order valence-electron chi connectivity index (χ3n) is 4.46. The smallest absolute Gasteiger partial charge is 0.244 e. The molecule has 16 heavy (non-hydrogen) atoms. The third-order valence-corrected chi connectivity index (χ3v) is 4.46. The van der Waals surface area contributed by atoms with Crippen LogP contribution in [0.4, 0.5) is 0 Å². The molecule has 2 amide bonds. The maximum absolute atomic E-state index is 12.1. The fraction of sp³-hybridized carbons (Fsp3) is 0.833. The number of fused-ring (bicyclic) bond motifs is 3. The first kappa shape index (κ1) is 11.4. The molecule has 2 bridgehead atoms. The first-order chi connectivity index (χ1) is 7.46. The number of hydrogen-bond donors (Lipinski definition) is 2. The summed E-state index contributed by atoms with van der Waals surface area (Å²) in [5.74, 6) is -0.217. The topological polar surface area (TPSA) is 58.2 Å². The van der Waals surface area contributed by atoms with Gasteiger partial charge in [0, 0.05) is 6.92 Å². The zero-order valence-electron chi connectivity index (χ0n) is 10.1. The molecule has 0 aromatic carbocycles. The van der Waals surface area contributed by atoms with Crippen molar-refractivity contribution in [3.8, 4) is 0 Å². The summed E-state index contributed by atoms with van der Waals surface area (Å²) < 4.78 is 0. The van der Waals surface area contributed by atoms with E-state index in [1.54, 1.807) is 0 Å². The average molecular weight is 224 g/mol. The van der Waals surface area contributed by atoms with Crippen molar-refractivity contribution >= 4 is 11.8 Å². The summed E-state index contributed by atoms with van der Waals surface area (Å²) in [5, 5.41) is 0. The molecule has 0 saturated heterocycles. The van der Waals surface area contributed by atoms with E-state index in [1.807, 2.05) is 0 Å². The van der Waals surface area contributed by atoms with Gasteiger partial charge in [-0.25, -0.2) is 0 Å². The van der Waals surface area contributed by atoms with E-state index in [0.29, 0.717) is 5.41 Å². The predicted octanol–water partition coefficient (Wildman–Crippen LogP) is 1.51. The number of hydrazine groups is 1. The minimum absolute atomic E-state index is 0.00412. The molecule has 4 nitrogen and oxygen atoms in total. The Kier molecular flexibility index (Phi) is 2.68. The van der Waals surface area contributed by atoms with Crippen LogP contribution in [0, 0.1) is 10.8 Å². The van der Waals surface area contributed by atoms with Gasteiger partial charge in [-0.15, -0.1) is 0 Å². The highest BCUT2D eigenvalue weighted by molar-refractivity contribution is 5.85. The predicted molar refractivity (Wildman–Crippen MR) is 60.2 cm³/mol. The van der Waals surface area contributed by atoms with Crippen molar-refractivity contribution in [1.29, 1.82) is 0 Å². The van der Waals surface area contributed by atoms with Crippen LogP contribution in [-0.4, -0.2) is 11.8 Å². The molecule has 3 rings (SSSR count). The zero-order chi connectivity index (χ0) is 11.8. The molecule has 0 unspecified atom stereocenters. The van der Waals surface area contributed by atoms with E-state index in [1.165, 1.54) is 6.92 Å². The number of carbonyl (C=O) groups is 2. The largest absolute Gasteiger partial charge is 0.274 e. The van der Waals surface area contributed by atoms with Gasteiger partial charge in [0.05, 0.1) is 5.41 Å². The maximum Gasteiger partial charge on any atom is 0.244 e. The normalized spacial score (nSPS) is 36.9. The molecular formula is C12H20N2O2. The molecular weight excluding hydrogens is 204 g/mol. The third kappa shape index (κ3) is 1.93. The Hall–Kier alpha value is -1.06. The first-order valence-corrected chi connectivity index (χ1v) is 6.03. The van der Waals surface area contributed by atoms with Crippen LogP contribution < -0.4 is 10.9 Å². The van der Waals surface area contributed by atoms with Gasteiger partial charge in [-0.2, -0.15) is 0 Å². The zero-order valence-corrected chi connectivity index (χ0v) is 10.1. The summed E-state index contributed by atoms with van der Waals surface area (Å²) in [4.78, 5) is 22.8. The second-order valence-corrected chi connectivity index (χ2v) is 5.73. The standard InChI is InChI=1S/C12H20N2O2/c1-9(15)13-14-10(16)12-6-3-11(2,4-7-12)5-8-12/h3-8H2,1-2H3,(H,13,15)(H,14,16). The van der Waals surface area contributed by atoms with Crippen molar-refractivity contribution in [2.45, 2.75) is 52.4 Å². The van der Waals surface area contributed by atoms with Crippen molar-refractivity contribution in [3.05, 3.63) is 0 Å². The molecule has 90 valence electrons. The minimum atomic E-state index is -0.221. The molecule has 0 radical (unpaired) electrons. The lowest BCUT2D eigenvalue weighted by molar-refractivity contribution is -0.142. The van der Waals surface area contributed by atoms with Crippen LogP contribution in [0.2, 0.25) is 0 Å². The van der Waals surface area contributed by atoms with Gasteiger partial charge >= 0.3 is 0 Å². The van der Waals surface area contributed by atoms with E-state index in [2.05, 4.69) is 17.8 Å². The molecule has 0 aliphatic heterocycles. The number of hydrogen-bond acceptors (Lipinski definition) is 2. The highest BCUT2D eigenvalue weighted by Gasteiger charge is 2.50. The Balaban J connectivity index is 1.98. The van der Waals surface area contributed by atoms with Crippen LogP contribution in [0.1, 0.15) is 52.4 Å². The van der Waals surface area contributed by atoms with Gasteiger partial charge in [-0.1, -0.05) is 6.92 Å². The lowest BCUT2D eigenvalue weighted by Crippen LogP contribution is -2.53. The van der Waals surface area contributed by atoms with Crippen molar-refractivity contribution in [2.24, 2.45) is 10.8 Å². The van der Waals surface area contributed by atoms with E-state index in [4.69, 9.17) is 0 Å². The number of carbonyl (C=O) groups excluding carboxylic acids is 2. The van der Waals surface area contributed by atoms with Crippen molar-refractivity contribution in [2.75, 3.05) is 0 Å². The fourth-order valence-electron chi connectivity index (χ4n) is 2.99. The van der Waals surface area contributed by atoms with E-state index < -0.39 is 0 Å². The summed E-state index contributed by atoms with van der Waals surface area (Å²) in [7, 11) is 0.